The number of aliphatic hydroxyl groups is 2. The van der Waals surface area contributed by atoms with Gasteiger partial charge in [-0.25, -0.2) is 4.79 Å². The smallest absolute Gasteiger partial charge is 0.329 e. The molecule has 0 bridgehead atoms. The zero-order chi connectivity index (χ0) is 39.5. The largest absolute Gasteiger partial charge is 0.504 e. The molecule has 16 heteroatoms. The van der Waals surface area contributed by atoms with Crippen molar-refractivity contribution in [3.63, 3.8) is 0 Å². The summed E-state index contributed by atoms with van der Waals surface area (Å²) < 4.78 is 10.4. The zero-order valence-corrected chi connectivity index (χ0v) is 28.9. The highest BCUT2D eigenvalue weighted by Gasteiger charge is 2.38. The van der Waals surface area contributed by atoms with Crippen LogP contribution >= 0.6 is 0 Å². The molecular formula is C38H33NO15. The molecule has 1 aliphatic carbocycles. The number of aliphatic hydroxyl groups excluding tert-OH is 2. The average Bonchev–Trinajstić information content (AvgIpc) is 3.24. The van der Waals surface area contributed by atoms with Crippen LogP contribution in [0.5, 0.6) is 11.5 Å². The van der Waals surface area contributed by atoms with Gasteiger partial charge < -0.3 is 45.4 Å². The normalized spacial score (nSPS) is 15.0. The summed E-state index contributed by atoms with van der Waals surface area (Å²) in [7, 11) is 1.21. The van der Waals surface area contributed by atoms with Crippen molar-refractivity contribution < 1.29 is 64.1 Å². The minimum absolute atomic E-state index is 0.000573. The summed E-state index contributed by atoms with van der Waals surface area (Å²) in [6.45, 7) is 0.558. The number of benzene rings is 5. The lowest BCUT2D eigenvalue weighted by Crippen LogP contribution is -2.35. The fourth-order valence-electron chi connectivity index (χ4n) is 8.07. The molecule has 5 aromatic rings. The Morgan fingerprint density at radius 1 is 0.870 bits per heavy atom. The summed E-state index contributed by atoms with van der Waals surface area (Å²) in [5.74, 6) is -8.78. The number of hydrogen-bond acceptors (Lipinski definition) is 13. The minimum Gasteiger partial charge on any atom is -0.504 e. The average molecular weight is 744 g/mol. The van der Waals surface area contributed by atoms with Gasteiger partial charge in [-0.1, -0.05) is 11.6 Å². The Balaban J connectivity index is 2.06. The van der Waals surface area contributed by atoms with Crippen LogP contribution in [0.15, 0.2) is 27.3 Å². The predicted octanol–water partition coefficient (Wildman–Crippen LogP) is 2.44. The van der Waals surface area contributed by atoms with E-state index in [4.69, 9.17) is 9.47 Å². The molecule has 16 nitrogen and oxygen atoms in total. The topological polar surface area (TPSA) is 271 Å². The number of carbonyl (C=O) groups is 5. The summed E-state index contributed by atoms with van der Waals surface area (Å²) in [6, 6.07) is 0.373. The highest BCUT2D eigenvalue weighted by Crippen LogP contribution is 2.56. The fourth-order valence-corrected chi connectivity index (χ4v) is 8.07. The zero-order valence-electron chi connectivity index (χ0n) is 28.9. The van der Waals surface area contributed by atoms with Gasteiger partial charge >= 0.3 is 17.9 Å². The molecule has 280 valence electrons. The van der Waals surface area contributed by atoms with Gasteiger partial charge in [0.15, 0.2) is 28.4 Å². The summed E-state index contributed by atoms with van der Waals surface area (Å²) >= 11 is 0. The Morgan fingerprint density at radius 3 is 1.96 bits per heavy atom. The van der Waals surface area contributed by atoms with E-state index < -0.39 is 90.8 Å². The second-order valence-electron chi connectivity index (χ2n) is 13.2. The lowest BCUT2D eigenvalue weighted by molar-refractivity contribution is -0.148. The maximum absolute atomic E-state index is 14.4. The molecule has 1 aliphatic rings. The van der Waals surface area contributed by atoms with Gasteiger partial charge in [-0.2, -0.15) is 0 Å². The summed E-state index contributed by atoms with van der Waals surface area (Å²) in [5, 5.41) is 65.9. The lowest BCUT2D eigenvalue weighted by Gasteiger charge is -2.28. The highest BCUT2D eigenvalue weighted by molar-refractivity contribution is 6.39. The third-order valence-electron chi connectivity index (χ3n) is 10.1. The third-order valence-corrected chi connectivity index (χ3v) is 10.1. The van der Waals surface area contributed by atoms with E-state index in [1.165, 1.54) is 20.1 Å². The number of hydrogen-bond donors (Lipinski definition) is 7. The van der Waals surface area contributed by atoms with Gasteiger partial charge in [0.2, 0.25) is 0 Å². The number of nitrogens with one attached hydrogen (secondary N) is 1. The van der Waals surface area contributed by atoms with E-state index in [0.717, 1.165) is 12.1 Å². The quantitative estimate of drug-likeness (QED) is 0.0461. The number of carboxylic acids is 3. The number of carboxylic acid groups (broad SMARTS) is 3. The van der Waals surface area contributed by atoms with Crippen LogP contribution in [0.4, 0.5) is 5.69 Å². The number of Topliss-reactive ketones (excluding diaryl/α,β-unsaturated/α-hetero) is 1. The van der Waals surface area contributed by atoms with Crippen molar-refractivity contribution in [1.82, 2.24) is 0 Å². The maximum Gasteiger partial charge on any atom is 0.329 e. The molecule has 5 aromatic carbocycles. The molecule has 0 saturated carbocycles. The van der Waals surface area contributed by atoms with E-state index in [2.05, 4.69) is 5.32 Å². The molecule has 0 saturated heterocycles. The highest BCUT2D eigenvalue weighted by atomic mass is 16.5. The van der Waals surface area contributed by atoms with Gasteiger partial charge in [0.25, 0.3) is 6.47 Å². The van der Waals surface area contributed by atoms with Gasteiger partial charge in [0.1, 0.15) is 12.4 Å². The Hall–Kier alpha value is -6.39. The van der Waals surface area contributed by atoms with E-state index in [1.54, 1.807) is 6.92 Å². The third kappa shape index (κ3) is 5.57. The molecule has 0 radical (unpaired) electrons. The fraction of sp³-hybridized carbons (Fsp3) is 0.289. The number of carbonyl (C=O) groups excluding carboxylic acids is 2. The molecule has 54 heavy (non-hydrogen) atoms. The molecular weight excluding hydrogens is 710 g/mol. The standard InChI is InChI=1S/C38H33NO15/c1-13-4-18-19(5-15(37(49)50)8-23(46)47)34(39-20(38(51)52)11-54-12-42)28-21(44)6-16(9-40)25-26-17(10-41)7-22(45)29-31(26)32(27(18)30(25)28)33(24(13)14(2)43)36(53-3)35(29)48/h4,6-7,12,15,20,24,39-41,48H,5,8-11H2,1-3H3,(H,46,47)(H,49,50)(H,51,52). The maximum atomic E-state index is 14.4. The van der Waals surface area contributed by atoms with Crippen molar-refractivity contribution in [1.29, 1.82) is 0 Å². The first-order valence-corrected chi connectivity index (χ1v) is 16.5. The first-order valence-electron chi connectivity index (χ1n) is 16.5. The second kappa shape index (κ2) is 13.9. The van der Waals surface area contributed by atoms with Gasteiger partial charge in [0.05, 0.1) is 55.0 Å². The van der Waals surface area contributed by atoms with E-state index in [-0.39, 0.29) is 88.8 Å². The van der Waals surface area contributed by atoms with Gasteiger partial charge in [-0.05, 0) is 76.2 Å². The molecule has 0 heterocycles. The minimum atomic E-state index is -1.75. The number of allylic oxidation sites excluding steroid dienone is 1. The second-order valence-corrected chi connectivity index (χ2v) is 13.2. The number of methoxy groups -OCH3 is 1. The number of phenolic OH excluding ortho intramolecular Hbond substituents is 1. The molecule has 0 aromatic heterocycles. The SMILES string of the molecule is COc1c(O)c2c(=O)cc(CO)c3c4c(CO)cc(=O)c5c(NC(COC=O)C(=O)O)c(CC(CC(=O)O)C(=O)O)c6c(c(c1C(C(C)=O)C(C)=C6)c23)c54. The number of ketones is 1. The van der Waals surface area contributed by atoms with Crippen LogP contribution in [0.3, 0.4) is 0 Å². The van der Waals surface area contributed by atoms with Crippen LogP contribution in [0.25, 0.3) is 49.2 Å². The predicted molar refractivity (Wildman–Crippen MR) is 193 cm³/mol. The number of aromatic hydroxyl groups is 1. The Morgan fingerprint density at radius 2 is 1.46 bits per heavy atom. The number of aliphatic carboxylic acids is 3. The number of ether oxygens (including phenoxy) is 2. The van der Waals surface area contributed by atoms with Crippen LogP contribution in [0.1, 0.15) is 54.0 Å². The summed E-state index contributed by atoms with van der Waals surface area (Å²) in [4.78, 5) is 90.0. The monoisotopic (exact) mass is 743 g/mol. The molecule has 6 rings (SSSR count). The Bertz CT molecular complexity index is 2610. The van der Waals surface area contributed by atoms with Gasteiger partial charge in [-0.15, -0.1) is 0 Å². The van der Waals surface area contributed by atoms with Crippen molar-refractivity contribution in [2.75, 3.05) is 19.0 Å². The number of phenols is 1. The first kappa shape index (κ1) is 37.4. The molecule has 0 aliphatic heterocycles. The van der Waals surface area contributed by atoms with Crippen molar-refractivity contribution in [2.24, 2.45) is 5.92 Å². The molecule has 7 N–H and O–H groups in total. The van der Waals surface area contributed by atoms with Crippen molar-refractivity contribution in [2.45, 2.75) is 51.9 Å². The number of anilines is 1. The van der Waals surface area contributed by atoms with E-state index in [9.17, 15) is 64.2 Å². The van der Waals surface area contributed by atoms with E-state index in [1.807, 2.05) is 0 Å². The molecule has 3 unspecified atom stereocenters. The van der Waals surface area contributed by atoms with Crippen LogP contribution < -0.4 is 20.9 Å². The molecule has 0 spiro atoms. The van der Waals surface area contributed by atoms with Crippen LogP contribution in [-0.4, -0.2) is 80.6 Å². The Kier molecular flexibility index (Phi) is 9.60. The molecule has 0 amide bonds. The molecule has 3 atom stereocenters. The van der Waals surface area contributed by atoms with Crippen LogP contribution in [0, 0.1) is 5.92 Å². The summed E-state index contributed by atoms with van der Waals surface area (Å²) in [6.07, 6.45) is -0.0290. The lowest BCUT2D eigenvalue weighted by atomic mass is 9.78. The number of fused-ring (bicyclic) bond motifs is 1. The van der Waals surface area contributed by atoms with Gasteiger partial charge in [0, 0.05) is 16.3 Å². The van der Waals surface area contributed by atoms with Crippen LogP contribution in [0.2, 0.25) is 0 Å². The Labute approximate surface area is 303 Å². The van der Waals surface area contributed by atoms with Crippen molar-refractivity contribution >= 4 is 85.0 Å². The van der Waals surface area contributed by atoms with E-state index >= 15 is 0 Å². The summed E-state index contributed by atoms with van der Waals surface area (Å²) in [5.41, 5.74) is -1.40. The van der Waals surface area contributed by atoms with E-state index in [0.29, 0.717) is 5.57 Å². The van der Waals surface area contributed by atoms with Crippen molar-refractivity contribution in [3.05, 3.63) is 66.0 Å². The number of rotatable bonds is 15. The first-order chi connectivity index (χ1) is 25.6. The van der Waals surface area contributed by atoms with Gasteiger partial charge in [-0.3, -0.25) is 28.8 Å². The molecule has 0 fully saturated rings. The van der Waals surface area contributed by atoms with Crippen LogP contribution in [-0.2, 0) is 48.3 Å². The van der Waals surface area contributed by atoms with Crippen molar-refractivity contribution in [3.8, 4) is 11.5 Å².